The number of benzene rings is 1. The van der Waals surface area contributed by atoms with Crippen LogP contribution in [-0.4, -0.2) is 18.3 Å². The molecule has 17 heavy (non-hydrogen) atoms. The highest BCUT2D eigenvalue weighted by molar-refractivity contribution is 5.27. The second-order valence-electron chi connectivity index (χ2n) is 5.06. The quantitative estimate of drug-likeness (QED) is 0.847. The summed E-state index contributed by atoms with van der Waals surface area (Å²) in [7, 11) is 0. The van der Waals surface area contributed by atoms with E-state index in [-0.39, 0.29) is 0 Å². The normalized spacial score (nSPS) is 18.5. The summed E-state index contributed by atoms with van der Waals surface area (Å²) in [5, 5.41) is 10.1. The number of ether oxygens (including phenoxy) is 1. The van der Waals surface area contributed by atoms with Gasteiger partial charge in [-0.15, -0.1) is 0 Å². The third-order valence-electron chi connectivity index (χ3n) is 3.65. The van der Waals surface area contributed by atoms with Crippen molar-refractivity contribution in [2.45, 2.75) is 38.7 Å². The van der Waals surface area contributed by atoms with E-state index in [1.807, 2.05) is 31.2 Å². The molecule has 1 fully saturated rings. The van der Waals surface area contributed by atoms with Gasteiger partial charge in [0.1, 0.15) is 6.10 Å². The minimum Gasteiger partial charge on any atom is -0.386 e. The highest BCUT2D eigenvalue weighted by Crippen LogP contribution is 2.25. The van der Waals surface area contributed by atoms with Crippen LogP contribution in [0.15, 0.2) is 24.3 Å². The first kappa shape index (κ1) is 12.6. The van der Waals surface area contributed by atoms with E-state index in [1.54, 1.807) is 0 Å². The Morgan fingerprint density at radius 3 is 2.71 bits per heavy atom. The van der Waals surface area contributed by atoms with Gasteiger partial charge in [0.05, 0.1) is 6.61 Å². The van der Waals surface area contributed by atoms with Gasteiger partial charge in [0.25, 0.3) is 0 Å². The molecular weight excluding hydrogens is 212 g/mol. The van der Waals surface area contributed by atoms with Crippen LogP contribution < -0.4 is 0 Å². The van der Waals surface area contributed by atoms with E-state index < -0.39 is 6.10 Å². The van der Waals surface area contributed by atoms with Crippen LogP contribution in [0.4, 0.5) is 0 Å². The van der Waals surface area contributed by atoms with Crippen LogP contribution in [0.25, 0.3) is 0 Å². The molecule has 0 saturated heterocycles. The Bertz CT molecular complexity index is 343. The van der Waals surface area contributed by atoms with Crippen molar-refractivity contribution >= 4 is 0 Å². The molecule has 1 atom stereocenters. The molecule has 0 bridgehead atoms. The molecule has 2 heteroatoms. The molecule has 0 heterocycles. The second kappa shape index (κ2) is 6.18. The van der Waals surface area contributed by atoms with Gasteiger partial charge in [-0.3, -0.25) is 0 Å². The van der Waals surface area contributed by atoms with Gasteiger partial charge in [0.15, 0.2) is 0 Å². The maximum Gasteiger partial charge on any atom is 0.103 e. The summed E-state index contributed by atoms with van der Waals surface area (Å²) in [6, 6.07) is 7.95. The lowest BCUT2D eigenvalue weighted by Gasteiger charge is -2.15. The molecule has 94 valence electrons. The summed E-state index contributed by atoms with van der Waals surface area (Å²) in [4.78, 5) is 0. The van der Waals surface area contributed by atoms with Gasteiger partial charge in [0.2, 0.25) is 0 Å². The van der Waals surface area contributed by atoms with Crippen molar-refractivity contribution in [2.24, 2.45) is 5.92 Å². The fourth-order valence-corrected chi connectivity index (χ4v) is 2.57. The molecule has 0 aromatic heterocycles. The van der Waals surface area contributed by atoms with E-state index in [0.29, 0.717) is 6.61 Å². The van der Waals surface area contributed by atoms with E-state index in [1.165, 1.54) is 25.7 Å². The van der Waals surface area contributed by atoms with E-state index in [2.05, 4.69) is 0 Å². The molecule has 1 aliphatic carbocycles. The topological polar surface area (TPSA) is 29.5 Å². The highest BCUT2D eigenvalue weighted by Gasteiger charge is 2.16. The van der Waals surface area contributed by atoms with Crippen LogP contribution in [0.5, 0.6) is 0 Å². The third kappa shape index (κ3) is 3.55. The predicted octanol–water partition coefficient (Wildman–Crippen LogP) is 3.24. The van der Waals surface area contributed by atoms with Crippen molar-refractivity contribution in [1.82, 2.24) is 0 Å². The predicted molar refractivity (Wildman–Crippen MR) is 68.9 cm³/mol. The molecule has 2 nitrogen and oxygen atoms in total. The molecule has 0 spiro atoms. The van der Waals surface area contributed by atoms with Crippen molar-refractivity contribution < 1.29 is 9.84 Å². The van der Waals surface area contributed by atoms with Crippen LogP contribution in [0.3, 0.4) is 0 Å². The van der Waals surface area contributed by atoms with Crippen molar-refractivity contribution in [2.75, 3.05) is 13.2 Å². The summed E-state index contributed by atoms with van der Waals surface area (Å²) >= 11 is 0. The summed E-state index contributed by atoms with van der Waals surface area (Å²) in [5.74, 6) is 0.721. The molecule has 1 unspecified atom stereocenters. The largest absolute Gasteiger partial charge is 0.386 e. The molecule has 0 amide bonds. The van der Waals surface area contributed by atoms with Crippen molar-refractivity contribution in [3.05, 3.63) is 35.4 Å². The van der Waals surface area contributed by atoms with E-state index in [9.17, 15) is 5.11 Å². The van der Waals surface area contributed by atoms with E-state index in [4.69, 9.17) is 4.74 Å². The Morgan fingerprint density at radius 1 is 1.29 bits per heavy atom. The van der Waals surface area contributed by atoms with Crippen molar-refractivity contribution in [1.29, 1.82) is 0 Å². The monoisotopic (exact) mass is 234 g/mol. The lowest BCUT2D eigenvalue weighted by Crippen LogP contribution is -2.12. The number of hydrogen-bond donors (Lipinski definition) is 1. The Hall–Kier alpha value is -0.860. The first-order valence-electron chi connectivity index (χ1n) is 6.58. The van der Waals surface area contributed by atoms with Crippen LogP contribution in [0.2, 0.25) is 0 Å². The van der Waals surface area contributed by atoms with Crippen molar-refractivity contribution in [3.63, 3.8) is 0 Å². The summed E-state index contributed by atoms with van der Waals surface area (Å²) in [6.45, 7) is 3.25. The SMILES string of the molecule is Cc1ccccc1C(O)COCC1CCCC1. The molecule has 1 aliphatic rings. The summed E-state index contributed by atoms with van der Waals surface area (Å²) in [6.07, 6.45) is 4.78. The first-order chi connectivity index (χ1) is 8.27. The molecule has 2 rings (SSSR count). The minimum atomic E-state index is -0.488. The van der Waals surface area contributed by atoms with Crippen molar-refractivity contribution in [3.8, 4) is 0 Å². The van der Waals surface area contributed by atoms with Gasteiger partial charge >= 0.3 is 0 Å². The lowest BCUT2D eigenvalue weighted by atomic mass is 10.0. The smallest absolute Gasteiger partial charge is 0.103 e. The maximum atomic E-state index is 10.1. The van der Waals surface area contributed by atoms with Gasteiger partial charge in [-0.1, -0.05) is 37.1 Å². The molecule has 0 radical (unpaired) electrons. The number of rotatable bonds is 5. The Balaban J connectivity index is 1.77. The average molecular weight is 234 g/mol. The minimum absolute atomic E-state index is 0.418. The summed E-state index contributed by atoms with van der Waals surface area (Å²) < 4.78 is 5.64. The standard InChI is InChI=1S/C15H22O2/c1-12-6-2-5-9-14(12)15(16)11-17-10-13-7-3-4-8-13/h2,5-6,9,13,15-16H,3-4,7-8,10-11H2,1H3. The molecule has 1 N–H and O–H groups in total. The van der Waals surface area contributed by atoms with Gasteiger partial charge in [-0.25, -0.2) is 0 Å². The van der Waals surface area contributed by atoms with Gasteiger partial charge in [-0.2, -0.15) is 0 Å². The fraction of sp³-hybridized carbons (Fsp3) is 0.600. The molecule has 0 aliphatic heterocycles. The van der Waals surface area contributed by atoms with Crippen LogP contribution >= 0.6 is 0 Å². The Labute approximate surface area is 104 Å². The van der Waals surface area contributed by atoms with Crippen LogP contribution in [0, 0.1) is 12.8 Å². The zero-order valence-corrected chi connectivity index (χ0v) is 10.6. The second-order valence-corrected chi connectivity index (χ2v) is 5.06. The first-order valence-corrected chi connectivity index (χ1v) is 6.58. The van der Waals surface area contributed by atoms with Gasteiger partial charge < -0.3 is 9.84 Å². The maximum absolute atomic E-state index is 10.1. The third-order valence-corrected chi connectivity index (χ3v) is 3.65. The number of hydrogen-bond acceptors (Lipinski definition) is 2. The number of aryl methyl sites for hydroxylation is 1. The molecular formula is C15H22O2. The Kier molecular flexibility index (Phi) is 4.57. The molecule has 1 aromatic carbocycles. The highest BCUT2D eigenvalue weighted by atomic mass is 16.5. The summed E-state index contributed by atoms with van der Waals surface area (Å²) in [5.41, 5.74) is 2.11. The van der Waals surface area contributed by atoms with Crippen LogP contribution in [-0.2, 0) is 4.74 Å². The number of aliphatic hydroxyl groups excluding tert-OH is 1. The lowest BCUT2D eigenvalue weighted by molar-refractivity contribution is 0.0209. The van der Waals surface area contributed by atoms with E-state index >= 15 is 0 Å². The Morgan fingerprint density at radius 2 is 2.00 bits per heavy atom. The molecule has 1 aromatic rings. The zero-order chi connectivity index (χ0) is 12.1. The molecule has 1 saturated carbocycles. The average Bonchev–Trinajstić information content (AvgIpc) is 2.82. The van der Waals surface area contributed by atoms with Crippen LogP contribution in [0.1, 0.15) is 42.9 Å². The number of aliphatic hydroxyl groups is 1. The van der Waals surface area contributed by atoms with Gasteiger partial charge in [0, 0.05) is 6.61 Å². The zero-order valence-electron chi connectivity index (χ0n) is 10.6. The van der Waals surface area contributed by atoms with E-state index in [0.717, 1.165) is 23.7 Å². The fourth-order valence-electron chi connectivity index (χ4n) is 2.57. The van der Waals surface area contributed by atoms with Gasteiger partial charge in [-0.05, 0) is 36.8 Å².